The molecule has 0 spiro atoms. The Morgan fingerprint density at radius 2 is 2.03 bits per heavy atom. The fraction of sp³-hybridized carbons (Fsp3) is 0.417. The zero-order chi connectivity index (χ0) is 24.0. The van der Waals surface area contributed by atoms with E-state index in [1.807, 2.05) is 13.0 Å². The Bertz CT molecular complexity index is 1060. The van der Waals surface area contributed by atoms with Gasteiger partial charge in [0.25, 0.3) is 5.91 Å². The van der Waals surface area contributed by atoms with E-state index in [9.17, 15) is 14.7 Å². The molecule has 0 aliphatic heterocycles. The summed E-state index contributed by atoms with van der Waals surface area (Å²) < 4.78 is 4.81. The number of hydrogen-bond donors (Lipinski definition) is 3. The second-order valence-corrected chi connectivity index (χ2v) is 8.66. The van der Waals surface area contributed by atoms with Crippen LogP contribution in [0.25, 0.3) is 0 Å². The SMILES string of the molecule is COC(=O)[C@H]1CC[C@H](CNC(=O)c2cnc(NC(C)c3cc(C#N)ccc3O)c(Cl)c2)CC1. The van der Waals surface area contributed by atoms with Crippen molar-refractivity contribution in [3.8, 4) is 11.8 Å². The van der Waals surface area contributed by atoms with Crippen molar-refractivity contribution in [3.05, 3.63) is 52.2 Å². The number of rotatable bonds is 7. The summed E-state index contributed by atoms with van der Waals surface area (Å²) in [6, 6.07) is 7.82. The van der Waals surface area contributed by atoms with E-state index in [0.29, 0.717) is 35.0 Å². The lowest BCUT2D eigenvalue weighted by atomic mass is 9.82. The molecule has 8 nitrogen and oxygen atoms in total. The van der Waals surface area contributed by atoms with E-state index in [1.54, 1.807) is 12.1 Å². The number of nitriles is 1. The number of aromatic hydroxyl groups is 1. The predicted octanol–water partition coefficient (Wildman–Crippen LogP) is 4.19. The lowest BCUT2D eigenvalue weighted by molar-refractivity contribution is -0.146. The average molecular weight is 471 g/mol. The van der Waals surface area contributed by atoms with Crippen LogP contribution in [0, 0.1) is 23.2 Å². The highest BCUT2D eigenvalue weighted by Crippen LogP contribution is 2.31. The second-order valence-electron chi connectivity index (χ2n) is 8.26. The molecule has 9 heteroatoms. The van der Waals surface area contributed by atoms with Gasteiger partial charge in [0.2, 0.25) is 0 Å². The molecule has 3 N–H and O–H groups in total. The highest BCUT2D eigenvalue weighted by atomic mass is 35.5. The minimum Gasteiger partial charge on any atom is -0.508 e. The zero-order valence-corrected chi connectivity index (χ0v) is 19.4. The third kappa shape index (κ3) is 6.14. The molecule has 174 valence electrons. The van der Waals surface area contributed by atoms with Crippen LogP contribution in [0.1, 0.15) is 60.1 Å². The molecule has 0 bridgehead atoms. The van der Waals surface area contributed by atoms with Gasteiger partial charge >= 0.3 is 5.97 Å². The van der Waals surface area contributed by atoms with Crippen LogP contribution < -0.4 is 10.6 Å². The summed E-state index contributed by atoms with van der Waals surface area (Å²) in [6.07, 6.45) is 4.70. The molecule has 33 heavy (non-hydrogen) atoms. The van der Waals surface area contributed by atoms with Gasteiger partial charge in [-0.1, -0.05) is 11.6 Å². The lowest BCUT2D eigenvalue weighted by Crippen LogP contribution is -2.32. The molecule has 1 fully saturated rings. The third-order valence-corrected chi connectivity index (χ3v) is 6.30. The number of phenolic OH excluding ortho intramolecular Hbond substituents is 1. The van der Waals surface area contributed by atoms with Crippen molar-refractivity contribution in [3.63, 3.8) is 0 Å². The molecular formula is C24H27ClN4O4. The average Bonchev–Trinajstić information content (AvgIpc) is 2.83. The molecule has 1 aliphatic carbocycles. The van der Waals surface area contributed by atoms with E-state index in [4.69, 9.17) is 21.6 Å². The second kappa shape index (κ2) is 11.0. The number of aromatic nitrogens is 1. The number of ether oxygens (including phenoxy) is 1. The summed E-state index contributed by atoms with van der Waals surface area (Å²) in [4.78, 5) is 28.5. The molecule has 0 saturated heterocycles. The molecule has 1 aromatic carbocycles. The molecule has 1 aliphatic rings. The van der Waals surface area contributed by atoms with Crippen LogP contribution in [0.5, 0.6) is 5.75 Å². The first-order valence-electron chi connectivity index (χ1n) is 10.8. The number of anilines is 1. The Morgan fingerprint density at radius 3 is 2.67 bits per heavy atom. The number of esters is 1. The van der Waals surface area contributed by atoms with Gasteiger partial charge in [-0.25, -0.2) is 4.98 Å². The molecule has 3 rings (SSSR count). The number of benzene rings is 1. The molecule has 2 aromatic rings. The smallest absolute Gasteiger partial charge is 0.308 e. The van der Waals surface area contributed by atoms with Crippen molar-refractivity contribution in [1.29, 1.82) is 5.26 Å². The van der Waals surface area contributed by atoms with E-state index in [1.165, 1.54) is 25.4 Å². The maximum absolute atomic E-state index is 12.6. The van der Waals surface area contributed by atoms with E-state index >= 15 is 0 Å². The van der Waals surface area contributed by atoms with Crippen molar-refractivity contribution < 1.29 is 19.4 Å². The number of nitrogens with zero attached hydrogens (tertiary/aromatic N) is 2. The van der Waals surface area contributed by atoms with E-state index < -0.39 is 0 Å². The summed E-state index contributed by atoms with van der Waals surface area (Å²) in [5, 5.41) is 25.5. The van der Waals surface area contributed by atoms with Crippen molar-refractivity contribution in [2.45, 2.75) is 38.6 Å². The fourth-order valence-corrected chi connectivity index (χ4v) is 4.25. The largest absolute Gasteiger partial charge is 0.508 e. The quantitative estimate of drug-likeness (QED) is 0.518. The van der Waals surface area contributed by atoms with Gasteiger partial charge < -0.3 is 20.5 Å². The minimum atomic E-state index is -0.372. The lowest BCUT2D eigenvalue weighted by Gasteiger charge is -2.27. The molecular weight excluding hydrogens is 444 g/mol. The number of amides is 1. The van der Waals surface area contributed by atoms with Gasteiger partial charge in [0.15, 0.2) is 0 Å². The molecule has 0 radical (unpaired) electrons. The number of carbonyl (C=O) groups excluding carboxylic acids is 2. The Kier molecular flexibility index (Phi) is 8.12. The van der Waals surface area contributed by atoms with Gasteiger partial charge in [-0.3, -0.25) is 9.59 Å². The number of methoxy groups -OCH3 is 1. The van der Waals surface area contributed by atoms with Crippen molar-refractivity contribution in [2.24, 2.45) is 11.8 Å². The van der Waals surface area contributed by atoms with Gasteiger partial charge in [0.1, 0.15) is 11.6 Å². The maximum Gasteiger partial charge on any atom is 0.308 e. The summed E-state index contributed by atoms with van der Waals surface area (Å²) in [5.74, 6) is 0.270. The number of pyridine rings is 1. The summed E-state index contributed by atoms with van der Waals surface area (Å²) in [6.45, 7) is 2.33. The van der Waals surface area contributed by atoms with Gasteiger partial charge in [-0.05, 0) is 62.8 Å². The number of hydrogen-bond acceptors (Lipinski definition) is 7. The highest BCUT2D eigenvalue weighted by molar-refractivity contribution is 6.33. The molecule has 1 aromatic heterocycles. The van der Waals surface area contributed by atoms with Crippen LogP contribution in [-0.2, 0) is 9.53 Å². The van der Waals surface area contributed by atoms with Crippen LogP contribution in [0.2, 0.25) is 5.02 Å². The van der Waals surface area contributed by atoms with Gasteiger partial charge in [0, 0.05) is 18.3 Å². The topological polar surface area (TPSA) is 124 Å². The Balaban J connectivity index is 1.56. The molecule has 1 atom stereocenters. The zero-order valence-electron chi connectivity index (χ0n) is 18.6. The predicted molar refractivity (Wildman–Crippen MR) is 124 cm³/mol. The number of phenols is 1. The number of nitrogens with one attached hydrogen (secondary N) is 2. The minimum absolute atomic E-state index is 0.0447. The number of halogens is 1. The standard InChI is InChI=1S/C24H27ClN4O4/c1-14(19-9-16(11-26)5-8-21(19)30)29-22-20(25)10-18(13-27-22)23(31)28-12-15-3-6-17(7-4-15)24(32)33-2/h5,8-10,13-15,17,30H,3-4,6-7,12H2,1-2H3,(H,27,29)(H,28,31)/t14?,15-,17-. The first kappa shape index (κ1) is 24.3. The molecule has 1 unspecified atom stereocenters. The first-order valence-corrected chi connectivity index (χ1v) is 11.2. The molecule has 1 amide bonds. The van der Waals surface area contributed by atoms with Crippen LogP contribution in [0.3, 0.4) is 0 Å². The Morgan fingerprint density at radius 1 is 1.30 bits per heavy atom. The van der Waals surface area contributed by atoms with Crippen LogP contribution >= 0.6 is 11.6 Å². The summed E-state index contributed by atoms with van der Waals surface area (Å²) in [7, 11) is 1.41. The van der Waals surface area contributed by atoms with Crippen LogP contribution in [0.4, 0.5) is 5.82 Å². The van der Waals surface area contributed by atoms with Crippen molar-refractivity contribution >= 4 is 29.3 Å². The Labute approximate surface area is 197 Å². The first-order chi connectivity index (χ1) is 15.8. The summed E-state index contributed by atoms with van der Waals surface area (Å²) in [5.41, 5.74) is 1.31. The van der Waals surface area contributed by atoms with E-state index in [2.05, 4.69) is 15.6 Å². The van der Waals surface area contributed by atoms with Crippen LogP contribution in [-0.4, -0.2) is 35.6 Å². The van der Waals surface area contributed by atoms with Gasteiger partial charge in [-0.2, -0.15) is 5.26 Å². The normalized spacial score (nSPS) is 18.6. The van der Waals surface area contributed by atoms with E-state index in [-0.39, 0.29) is 34.6 Å². The summed E-state index contributed by atoms with van der Waals surface area (Å²) >= 11 is 6.35. The fourth-order valence-electron chi connectivity index (χ4n) is 4.03. The number of carbonyl (C=O) groups is 2. The van der Waals surface area contributed by atoms with Crippen molar-refractivity contribution in [1.82, 2.24) is 10.3 Å². The molecule has 1 saturated carbocycles. The van der Waals surface area contributed by atoms with Gasteiger partial charge in [0.05, 0.1) is 41.3 Å². The van der Waals surface area contributed by atoms with Gasteiger partial charge in [-0.15, -0.1) is 0 Å². The maximum atomic E-state index is 12.6. The molecule has 1 heterocycles. The highest BCUT2D eigenvalue weighted by Gasteiger charge is 2.27. The third-order valence-electron chi connectivity index (χ3n) is 6.01. The Hall–Kier alpha value is -3.31. The monoisotopic (exact) mass is 470 g/mol. The van der Waals surface area contributed by atoms with E-state index in [0.717, 1.165) is 25.7 Å². The van der Waals surface area contributed by atoms with Crippen molar-refractivity contribution in [2.75, 3.05) is 19.0 Å². The van der Waals surface area contributed by atoms with Crippen LogP contribution in [0.15, 0.2) is 30.5 Å².